The molecule has 1 fully saturated rings. The van der Waals surface area contributed by atoms with Crippen molar-refractivity contribution in [3.8, 4) is 0 Å². The Balaban J connectivity index is 1.86. The molecular weight excluding hydrogens is 273 g/mol. The molecule has 5 nitrogen and oxygen atoms in total. The van der Waals surface area contributed by atoms with E-state index in [0.29, 0.717) is 6.54 Å². The number of nitro benzene ring substituents is 1. The van der Waals surface area contributed by atoms with E-state index in [1.807, 2.05) is 0 Å². The topological polar surface area (TPSA) is 58.4 Å². The maximum atomic E-state index is 13.6. The fraction of sp³-hybridized carbons (Fsp3) is 0.600. The minimum absolute atomic E-state index is 0.455. The van der Waals surface area contributed by atoms with Crippen molar-refractivity contribution in [3.05, 3.63) is 39.7 Å². The van der Waals surface area contributed by atoms with E-state index in [1.165, 1.54) is 12.1 Å². The Morgan fingerprint density at radius 3 is 2.71 bits per heavy atom. The number of hydrogen-bond acceptors (Lipinski definition) is 4. The van der Waals surface area contributed by atoms with Crippen LogP contribution in [0.1, 0.15) is 25.3 Å². The van der Waals surface area contributed by atoms with Gasteiger partial charge in [-0.25, -0.2) is 0 Å². The summed E-state index contributed by atoms with van der Waals surface area (Å²) in [6.45, 7) is 6.82. The standard InChI is InChI=1S/C15H22FN3O2/c1-2-17-10-12-5-7-18(8-6-12)11-13-3-4-15(19(20)21)14(16)9-13/h3-4,9,12,17H,2,5-8,10-11H2,1H3. The van der Waals surface area contributed by atoms with Crippen LogP contribution in [0.4, 0.5) is 10.1 Å². The average molecular weight is 295 g/mol. The first kappa shape index (κ1) is 15.9. The lowest BCUT2D eigenvalue weighted by atomic mass is 9.96. The van der Waals surface area contributed by atoms with Crippen LogP contribution in [0.3, 0.4) is 0 Å². The Bertz CT molecular complexity index is 488. The average Bonchev–Trinajstić information content (AvgIpc) is 2.46. The van der Waals surface area contributed by atoms with Crippen molar-refractivity contribution < 1.29 is 9.31 Å². The molecule has 0 spiro atoms. The van der Waals surface area contributed by atoms with Gasteiger partial charge in [0.05, 0.1) is 4.92 Å². The zero-order valence-corrected chi connectivity index (χ0v) is 12.3. The molecule has 0 unspecified atom stereocenters. The van der Waals surface area contributed by atoms with Crippen LogP contribution in [-0.4, -0.2) is 36.0 Å². The van der Waals surface area contributed by atoms with Gasteiger partial charge in [-0.3, -0.25) is 15.0 Å². The smallest absolute Gasteiger partial charge is 0.304 e. The highest BCUT2D eigenvalue weighted by Crippen LogP contribution is 2.21. The molecule has 6 heteroatoms. The Labute approximate surface area is 124 Å². The molecule has 0 atom stereocenters. The van der Waals surface area contributed by atoms with E-state index in [0.717, 1.165) is 50.5 Å². The van der Waals surface area contributed by atoms with Crippen LogP contribution in [-0.2, 0) is 6.54 Å². The van der Waals surface area contributed by atoms with Gasteiger partial charge >= 0.3 is 5.69 Å². The van der Waals surface area contributed by atoms with Gasteiger partial charge in [0.25, 0.3) is 0 Å². The van der Waals surface area contributed by atoms with Crippen molar-refractivity contribution in [2.24, 2.45) is 5.92 Å². The van der Waals surface area contributed by atoms with Gasteiger partial charge in [-0.05, 0) is 56.6 Å². The summed E-state index contributed by atoms with van der Waals surface area (Å²) in [6.07, 6.45) is 2.28. The first-order valence-electron chi connectivity index (χ1n) is 7.46. The number of piperidine rings is 1. The summed E-state index contributed by atoms with van der Waals surface area (Å²) in [7, 11) is 0. The third-order valence-corrected chi connectivity index (χ3v) is 4.01. The van der Waals surface area contributed by atoms with Crippen LogP contribution in [0.25, 0.3) is 0 Å². The number of rotatable bonds is 6. The molecule has 1 N–H and O–H groups in total. The zero-order valence-electron chi connectivity index (χ0n) is 12.3. The van der Waals surface area contributed by atoms with E-state index in [4.69, 9.17) is 0 Å². The molecule has 0 radical (unpaired) electrons. The molecule has 1 aromatic carbocycles. The zero-order chi connectivity index (χ0) is 15.2. The van der Waals surface area contributed by atoms with E-state index in [1.54, 1.807) is 6.07 Å². The quantitative estimate of drug-likeness (QED) is 0.647. The fourth-order valence-corrected chi connectivity index (χ4v) is 2.75. The minimum atomic E-state index is -0.750. The van der Waals surface area contributed by atoms with Crippen LogP contribution < -0.4 is 5.32 Å². The normalized spacial score (nSPS) is 17.0. The molecule has 0 aliphatic carbocycles. The van der Waals surface area contributed by atoms with Gasteiger partial charge in [-0.1, -0.05) is 13.0 Å². The van der Waals surface area contributed by atoms with Gasteiger partial charge in [0.15, 0.2) is 0 Å². The summed E-state index contributed by atoms with van der Waals surface area (Å²) in [5.41, 5.74) is 0.339. The van der Waals surface area contributed by atoms with E-state index in [2.05, 4.69) is 17.1 Å². The second kappa shape index (κ2) is 7.47. The monoisotopic (exact) mass is 295 g/mol. The second-order valence-electron chi connectivity index (χ2n) is 5.57. The van der Waals surface area contributed by atoms with Crippen LogP contribution in [0.5, 0.6) is 0 Å². The molecule has 116 valence electrons. The SMILES string of the molecule is CCNCC1CCN(Cc2ccc([N+](=O)[O-])c(F)c2)CC1. The van der Waals surface area contributed by atoms with Crippen molar-refractivity contribution in [1.82, 2.24) is 10.2 Å². The molecule has 21 heavy (non-hydrogen) atoms. The molecule has 1 aliphatic heterocycles. The Morgan fingerprint density at radius 2 is 2.14 bits per heavy atom. The highest BCUT2D eigenvalue weighted by Gasteiger charge is 2.20. The Morgan fingerprint density at radius 1 is 1.43 bits per heavy atom. The van der Waals surface area contributed by atoms with Crippen molar-refractivity contribution in [3.63, 3.8) is 0 Å². The van der Waals surface area contributed by atoms with Gasteiger partial charge < -0.3 is 5.32 Å². The second-order valence-corrected chi connectivity index (χ2v) is 5.57. The van der Waals surface area contributed by atoms with Crippen molar-refractivity contribution in [1.29, 1.82) is 0 Å². The summed E-state index contributed by atoms with van der Waals surface area (Å²) in [5, 5.41) is 14.0. The van der Waals surface area contributed by atoms with Gasteiger partial charge in [0.1, 0.15) is 0 Å². The van der Waals surface area contributed by atoms with Crippen molar-refractivity contribution in [2.45, 2.75) is 26.3 Å². The maximum Gasteiger partial charge on any atom is 0.304 e. The van der Waals surface area contributed by atoms with E-state index in [-0.39, 0.29) is 0 Å². The summed E-state index contributed by atoms with van der Waals surface area (Å²) in [4.78, 5) is 12.2. The number of hydrogen-bond donors (Lipinski definition) is 1. The highest BCUT2D eigenvalue weighted by molar-refractivity contribution is 5.34. The number of benzene rings is 1. The lowest BCUT2D eigenvalue weighted by Crippen LogP contribution is -2.36. The lowest BCUT2D eigenvalue weighted by Gasteiger charge is -2.32. The van der Waals surface area contributed by atoms with Crippen LogP contribution >= 0.6 is 0 Å². The predicted octanol–water partition coefficient (Wildman–Crippen LogP) is 2.56. The summed E-state index contributed by atoms with van der Waals surface area (Å²) in [5.74, 6) is -0.0330. The Hall–Kier alpha value is -1.53. The van der Waals surface area contributed by atoms with Gasteiger partial charge in [-0.2, -0.15) is 4.39 Å². The first-order valence-corrected chi connectivity index (χ1v) is 7.46. The predicted molar refractivity (Wildman–Crippen MR) is 79.6 cm³/mol. The van der Waals surface area contributed by atoms with Crippen LogP contribution in [0.15, 0.2) is 18.2 Å². The molecule has 0 amide bonds. The maximum absolute atomic E-state index is 13.6. The van der Waals surface area contributed by atoms with Crippen molar-refractivity contribution in [2.75, 3.05) is 26.2 Å². The molecule has 0 bridgehead atoms. The number of nitro groups is 1. The van der Waals surface area contributed by atoms with Gasteiger partial charge in [-0.15, -0.1) is 0 Å². The summed E-state index contributed by atoms with van der Waals surface area (Å²) >= 11 is 0. The van der Waals surface area contributed by atoms with Gasteiger partial charge in [0, 0.05) is 12.6 Å². The fourth-order valence-electron chi connectivity index (χ4n) is 2.75. The third kappa shape index (κ3) is 4.47. The molecule has 1 saturated heterocycles. The molecule has 1 aliphatic rings. The molecule has 0 saturated carbocycles. The summed E-state index contributed by atoms with van der Waals surface area (Å²) < 4.78 is 13.6. The summed E-state index contributed by atoms with van der Waals surface area (Å²) in [6, 6.07) is 4.18. The Kier molecular flexibility index (Phi) is 5.64. The van der Waals surface area contributed by atoms with Crippen LogP contribution in [0.2, 0.25) is 0 Å². The molecule has 0 aromatic heterocycles. The third-order valence-electron chi connectivity index (χ3n) is 4.01. The number of nitrogens with zero attached hydrogens (tertiary/aromatic N) is 2. The minimum Gasteiger partial charge on any atom is -0.317 e. The number of likely N-dealkylation sites (tertiary alicyclic amines) is 1. The van der Waals surface area contributed by atoms with E-state index >= 15 is 0 Å². The van der Waals surface area contributed by atoms with E-state index in [9.17, 15) is 14.5 Å². The van der Waals surface area contributed by atoms with E-state index < -0.39 is 16.4 Å². The molecular formula is C15H22FN3O2. The van der Waals surface area contributed by atoms with Gasteiger partial charge in [0.2, 0.25) is 5.82 Å². The molecule has 1 heterocycles. The van der Waals surface area contributed by atoms with Crippen molar-refractivity contribution >= 4 is 5.69 Å². The lowest BCUT2D eigenvalue weighted by molar-refractivity contribution is -0.387. The van der Waals surface area contributed by atoms with Crippen LogP contribution in [0, 0.1) is 21.8 Å². The highest BCUT2D eigenvalue weighted by atomic mass is 19.1. The molecule has 1 aromatic rings. The first-order chi connectivity index (χ1) is 10.1. The number of nitrogens with one attached hydrogen (secondary N) is 1. The number of halogens is 1. The molecule has 2 rings (SSSR count). The largest absolute Gasteiger partial charge is 0.317 e.